The van der Waals surface area contributed by atoms with Gasteiger partial charge in [-0.3, -0.25) is 4.79 Å². The highest BCUT2D eigenvalue weighted by Gasteiger charge is 2.24. The number of ether oxygens (including phenoxy) is 1. The van der Waals surface area contributed by atoms with Crippen molar-refractivity contribution in [2.75, 3.05) is 18.1 Å². The van der Waals surface area contributed by atoms with Crippen LogP contribution in [-0.4, -0.2) is 25.1 Å². The summed E-state index contributed by atoms with van der Waals surface area (Å²) in [6.45, 7) is 2.78. The summed E-state index contributed by atoms with van der Waals surface area (Å²) in [5.74, 6) is 0.684. The van der Waals surface area contributed by atoms with Crippen LogP contribution in [0.3, 0.4) is 0 Å². The van der Waals surface area contributed by atoms with Gasteiger partial charge in [-0.2, -0.15) is 0 Å². The molecule has 0 radical (unpaired) electrons. The van der Waals surface area contributed by atoms with Crippen LogP contribution in [0.5, 0.6) is 5.75 Å². The number of carbonyl (C=O) groups excluding carboxylic acids is 1. The minimum absolute atomic E-state index is 0.0641. The Kier molecular flexibility index (Phi) is 2.60. The van der Waals surface area contributed by atoms with Gasteiger partial charge in [-0.15, -0.1) is 0 Å². The van der Waals surface area contributed by atoms with Crippen molar-refractivity contribution >= 4 is 11.6 Å². The molecule has 1 aromatic carbocycles. The second-order valence-corrected chi connectivity index (χ2v) is 3.59. The molecule has 1 amide bonds. The molecule has 4 nitrogen and oxygen atoms in total. The Morgan fingerprint density at radius 1 is 1.53 bits per heavy atom. The predicted octanol–water partition coefficient (Wildman–Crippen LogP) is 0.759. The molecule has 0 aromatic heterocycles. The third-order valence-electron chi connectivity index (χ3n) is 2.38. The molecular formula is C11H14N2O2. The molecule has 0 unspecified atom stereocenters. The van der Waals surface area contributed by atoms with E-state index < -0.39 is 6.04 Å². The maximum Gasteiger partial charge on any atom is 0.243 e. The zero-order valence-electron chi connectivity index (χ0n) is 8.64. The molecule has 0 aliphatic carbocycles. The number of carbonyl (C=O) groups is 1. The van der Waals surface area contributed by atoms with Gasteiger partial charge in [0.25, 0.3) is 0 Å². The summed E-state index contributed by atoms with van der Waals surface area (Å²) >= 11 is 0. The van der Waals surface area contributed by atoms with Crippen LogP contribution in [0.1, 0.15) is 6.92 Å². The number of benzene rings is 1. The van der Waals surface area contributed by atoms with Crippen molar-refractivity contribution < 1.29 is 9.53 Å². The van der Waals surface area contributed by atoms with Crippen LogP contribution in [-0.2, 0) is 4.79 Å². The van der Waals surface area contributed by atoms with E-state index in [9.17, 15) is 4.79 Å². The first-order valence-electron chi connectivity index (χ1n) is 4.99. The minimum atomic E-state index is -0.476. The van der Waals surface area contributed by atoms with Crippen molar-refractivity contribution in [2.24, 2.45) is 5.73 Å². The third-order valence-corrected chi connectivity index (χ3v) is 2.38. The molecule has 0 fully saturated rings. The molecule has 0 spiro atoms. The van der Waals surface area contributed by atoms with Crippen LogP contribution < -0.4 is 15.4 Å². The maximum atomic E-state index is 11.8. The molecule has 15 heavy (non-hydrogen) atoms. The summed E-state index contributed by atoms with van der Waals surface area (Å²) in [7, 11) is 0. The highest BCUT2D eigenvalue weighted by atomic mass is 16.5. The van der Waals surface area contributed by atoms with E-state index in [1.54, 1.807) is 11.8 Å². The summed E-state index contributed by atoms with van der Waals surface area (Å²) < 4.78 is 5.45. The van der Waals surface area contributed by atoms with Crippen molar-refractivity contribution in [2.45, 2.75) is 13.0 Å². The standard InChI is InChI=1S/C11H14N2O2/c1-8(12)11(14)13-6-7-15-10-5-3-2-4-9(10)13/h2-5,8H,6-7,12H2,1H3/t8-/m1/s1. The fourth-order valence-corrected chi connectivity index (χ4v) is 1.64. The van der Waals surface area contributed by atoms with Gasteiger partial charge in [0, 0.05) is 0 Å². The SMILES string of the molecule is C[C@@H](N)C(=O)N1CCOc2ccccc21. The zero-order valence-corrected chi connectivity index (χ0v) is 8.64. The van der Waals surface area contributed by atoms with Gasteiger partial charge >= 0.3 is 0 Å². The maximum absolute atomic E-state index is 11.8. The Labute approximate surface area is 88.6 Å². The molecule has 2 N–H and O–H groups in total. The van der Waals surface area contributed by atoms with Crippen molar-refractivity contribution in [3.63, 3.8) is 0 Å². The molecule has 0 saturated carbocycles. The number of amides is 1. The number of rotatable bonds is 1. The first-order chi connectivity index (χ1) is 7.20. The summed E-state index contributed by atoms with van der Waals surface area (Å²) in [6.07, 6.45) is 0. The summed E-state index contributed by atoms with van der Waals surface area (Å²) in [4.78, 5) is 13.5. The summed E-state index contributed by atoms with van der Waals surface area (Å²) in [5.41, 5.74) is 6.40. The Bertz CT molecular complexity index is 377. The van der Waals surface area contributed by atoms with Gasteiger partial charge < -0.3 is 15.4 Å². The fraction of sp³-hybridized carbons (Fsp3) is 0.364. The zero-order chi connectivity index (χ0) is 10.8. The fourth-order valence-electron chi connectivity index (χ4n) is 1.64. The van der Waals surface area contributed by atoms with Gasteiger partial charge in [-0.25, -0.2) is 0 Å². The normalized spacial score (nSPS) is 16.5. The number of nitrogens with two attached hydrogens (primary N) is 1. The average Bonchev–Trinajstić information content (AvgIpc) is 2.27. The molecule has 1 atom stereocenters. The highest BCUT2D eigenvalue weighted by Crippen LogP contribution is 2.30. The van der Waals surface area contributed by atoms with Crippen LogP contribution in [0, 0.1) is 0 Å². The van der Waals surface area contributed by atoms with Crippen molar-refractivity contribution in [1.29, 1.82) is 0 Å². The summed E-state index contributed by atoms with van der Waals surface area (Å²) in [6, 6.07) is 7.02. The quantitative estimate of drug-likeness (QED) is 0.738. The number of hydrogen-bond acceptors (Lipinski definition) is 3. The van der Waals surface area contributed by atoms with Gasteiger partial charge in [0.05, 0.1) is 18.3 Å². The van der Waals surface area contributed by atoms with E-state index in [2.05, 4.69) is 0 Å². The van der Waals surface area contributed by atoms with Crippen molar-refractivity contribution in [3.05, 3.63) is 24.3 Å². The highest BCUT2D eigenvalue weighted by molar-refractivity contribution is 5.98. The molecule has 2 rings (SSSR count). The van der Waals surface area contributed by atoms with E-state index in [1.165, 1.54) is 0 Å². The molecular weight excluding hydrogens is 192 g/mol. The van der Waals surface area contributed by atoms with E-state index >= 15 is 0 Å². The topological polar surface area (TPSA) is 55.6 Å². The van der Waals surface area contributed by atoms with E-state index in [0.717, 1.165) is 11.4 Å². The Morgan fingerprint density at radius 3 is 3.00 bits per heavy atom. The number of nitrogens with zero attached hydrogens (tertiary/aromatic N) is 1. The molecule has 1 aliphatic rings. The van der Waals surface area contributed by atoms with E-state index in [-0.39, 0.29) is 5.91 Å². The lowest BCUT2D eigenvalue weighted by atomic mass is 10.2. The molecule has 1 heterocycles. The number of para-hydroxylation sites is 2. The first-order valence-corrected chi connectivity index (χ1v) is 4.99. The monoisotopic (exact) mass is 206 g/mol. The van der Waals surface area contributed by atoms with Crippen molar-refractivity contribution in [3.8, 4) is 5.75 Å². The van der Waals surface area contributed by atoms with Crippen LogP contribution in [0.15, 0.2) is 24.3 Å². The second-order valence-electron chi connectivity index (χ2n) is 3.59. The smallest absolute Gasteiger partial charge is 0.243 e. The van der Waals surface area contributed by atoms with Gasteiger partial charge in [0.1, 0.15) is 12.4 Å². The van der Waals surface area contributed by atoms with Crippen molar-refractivity contribution in [1.82, 2.24) is 0 Å². The Morgan fingerprint density at radius 2 is 2.27 bits per heavy atom. The van der Waals surface area contributed by atoms with Crippen LogP contribution >= 0.6 is 0 Å². The Hall–Kier alpha value is -1.55. The van der Waals surface area contributed by atoms with Gasteiger partial charge in [0.2, 0.25) is 5.91 Å². The lowest BCUT2D eigenvalue weighted by Gasteiger charge is -2.30. The molecule has 0 bridgehead atoms. The lowest BCUT2D eigenvalue weighted by molar-refractivity contribution is -0.119. The Balaban J connectivity index is 2.34. The molecule has 1 aliphatic heterocycles. The van der Waals surface area contributed by atoms with E-state index in [4.69, 9.17) is 10.5 Å². The molecule has 4 heteroatoms. The third kappa shape index (κ3) is 1.80. The first kappa shape index (κ1) is 9.98. The summed E-state index contributed by atoms with van der Waals surface area (Å²) in [5, 5.41) is 0. The molecule has 1 aromatic rings. The number of fused-ring (bicyclic) bond motifs is 1. The average molecular weight is 206 g/mol. The number of anilines is 1. The number of hydrogen-bond donors (Lipinski definition) is 1. The van der Waals surface area contributed by atoms with Gasteiger partial charge in [-0.05, 0) is 19.1 Å². The second kappa shape index (κ2) is 3.90. The van der Waals surface area contributed by atoms with Gasteiger partial charge in [-0.1, -0.05) is 12.1 Å². The van der Waals surface area contributed by atoms with Crippen LogP contribution in [0.4, 0.5) is 5.69 Å². The predicted molar refractivity (Wildman–Crippen MR) is 57.9 cm³/mol. The van der Waals surface area contributed by atoms with Gasteiger partial charge in [0.15, 0.2) is 0 Å². The largest absolute Gasteiger partial charge is 0.490 e. The van der Waals surface area contributed by atoms with E-state index in [1.807, 2.05) is 24.3 Å². The molecule has 0 saturated heterocycles. The minimum Gasteiger partial charge on any atom is -0.490 e. The van der Waals surface area contributed by atoms with Crippen LogP contribution in [0.25, 0.3) is 0 Å². The lowest BCUT2D eigenvalue weighted by Crippen LogP contribution is -2.45. The van der Waals surface area contributed by atoms with Crippen LogP contribution in [0.2, 0.25) is 0 Å². The van der Waals surface area contributed by atoms with E-state index in [0.29, 0.717) is 13.2 Å². The molecule has 80 valence electrons.